The van der Waals surface area contributed by atoms with E-state index in [1.807, 2.05) is 36.4 Å². The molecule has 0 bridgehead atoms. The van der Waals surface area contributed by atoms with Crippen LogP contribution in [0.2, 0.25) is 5.02 Å². The summed E-state index contributed by atoms with van der Waals surface area (Å²) in [7, 11) is 0. The second kappa shape index (κ2) is 8.60. The average Bonchev–Trinajstić information content (AvgIpc) is 3.59. The van der Waals surface area contributed by atoms with Crippen molar-refractivity contribution >= 4 is 34.9 Å². The van der Waals surface area contributed by atoms with Crippen LogP contribution in [-0.4, -0.2) is 31.8 Å². The molecule has 4 aromatic rings. The van der Waals surface area contributed by atoms with Crippen molar-refractivity contribution in [1.82, 2.24) is 19.5 Å². The number of anilines is 1. The summed E-state index contributed by atoms with van der Waals surface area (Å²) < 4.78 is 2.17. The number of rotatable bonds is 7. The van der Waals surface area contributed by atoms with Gasteiger partial charge in [0.2, 0.25) is 0 Å². The first-order valence-electron chi connectivity index (χ1n) is 11.3. The van der Waals surface area contributed by atoms with E-state index >= 15 is 0 Å². The number of aryl methyl sites for hydroxylation is 1. The van der Waals surface area contributed by atoms with Crippen LogP contribution in [0.3, 0.4) is 0 Å². The van der Waals surface area contributed by atoms with Gasteiger partial charge >= 0.3 is 0 Å². The summed E-state index contributed by atoms with van der Waals surface area (Å²) in [4.78, 5) is 25.6. The summed E-state index contributed by atoms with van der Waals surface area (Å²) in [5, 5.41) is 4.26. The number of nitrogens with one attached hydrogen (secondary N) is 1. The number of halogens is 1. The Labute approximate surface area is 198 Å². The zero-order valence-corrected chi connectivity index (χ0v) is 19.7. The fourth-order valence-electron chi connectivity index (χ4n) is 4.36. The van der Waals surface area contributed by atoms with Crippen molar-refractivity contribution in [2.24, 2.45) is 5.92 Å². The summed E-state index contributed by atoms with van der Waals surface area (Å²) in [6.45, 7) is 6.36. The van der Waals surface area contributed by atoms with Crippen LogP contribution in [0.5, 0.6) is 0 Å². The van der Waals surface area contributed by atoms with Gasteiger partial charge in [-0.2, -0.15) is 0 Å². The number of aldehydes is 1. The van der Waals surface area contributed by atoms with Crippen LogP contribution in [0.25, 0.3) is 22.6 Å². The number of benzene rings is 2. The topological polar surface area (TPSA) is 72.7 Å². The smallest absolute Gasteiger partial charge is 0.196 e. The third-order valence-corrected chi connectivity index (χ3v) is 6.63. The van der Waals surface area contributed by atoms with Crippen molar-refractivity contribution in [2.45, 2.75) is 45.7 Å². The Morgan fingerprint density at radius 3 is 2.52 bits per heavy atom. The number of carbonyl (C=O) groups is 1. The minimum absolute atomic E-state index is 0.0646. The fraction of sp³-hybridized carbons (Fsp3) is 0.308. The van der Waals surface area contributed by atoms with Crippen LogP contribution in [0, 0.1) is 12.8 Å². The molecular weight excluding hydrogens is 434 g/mol. The third kappa shape index (κ3) is 4.23. The van der Waals surface area contributed by atoms with Gasteiger partial charge in [0.05, 0.1) is 6.04 Å². The normalized spacial score (nSPS) is 15.4. The molecule has 1 aliphatic carbocycles. The van der Waals surface area contributed by atoms with Crippen LogP contribution in [0.15, 0.2) is 48.5 Å². The molecule has 168 valence electrons. The third-order valence-electron chi connectivity index (χ3n) is 6.38. The summed E-state index contributed by atoms with van der Waals surface area (Å²) in [5.41, 5.74) is 4.53. The molecular formula is C26H26ClN5O. The van der Waals surface area contributed by atoms with E-state index in [4.69, 9.17) is 16.6 Å². The summed E-state index contributed by atoms with van der Waals surface area (Å²) >= 11 is 6.15. The van der Waals surface area contributed by atoms with Gasteiger partial charge in [0.15, 0.2) is 23.6 Å². The maximum atomic E-state index is 11.6. The first kappa shape index (κ1) is 21.6. The quantitative estimate of drug-likeness (QED) is 0.338. The molecule has 1 aliphatic rings. The van der Waals surface area contributed by atoms with Crippen LogP contribution in [-0.2, 0) is 0 Å². The van der Waals surface area contributed by atoms with Crippen molar-refractivity contribution in [1.29, 1.82) is 0 Å². The molecule has 1 N–H and O–H groups in total. The number of imidazole rings is 1. The number of aromatic nitrogens is 4. The summed E-state index contributed by atoms with van der Waals surface area (Å²) in [5.74, 6) is 2.19. The second-order valence-electron chi connectivity index (χ2n) is 8.89. The van der Waals surface area contributed by atoms with Crippen molar-refractivity contribution in [3.63, 3.8) is 0 Å². The zero-order valence-electron chi connectivity index (χ0n) is 18.9. The Morgan fingerprint density at radius 2 is 1.85 bits per heavy atom. The highest BCUT2D eigenvalue weighted by molar-refractivity contribution is 6.30. The molecule has 0 radical (unpaired) electrons. The van der Waals surface area contributed by atoms with Crippen molar-refractivity contribution in [3.8, 4) is 11.4 Å². The van der Waals surface area contributed by atoms with E-state index < -0.39 is 0 Å². The van der Waals surface area contributed by atoms with Crippen LogP contribution in [0.1, 0.15) is 54.5 Å². The van der Waals surface area contributed by atoms with E-state index in [0.29, 0.717) is 28.7 Å². The summed E-state index contributed by atoms with van der Waals surface area (Å²) in [6.07, 6.45) is 3.09. The maximum absolute atomic E-state index is 11.6. The van der Waals surface area contributed by atoms with Gasteiger partial charge in [-0.1, -0.05) is 47.5 Å². The number of hydrogen-bond donors (Lipinski definition) is 1. The highest BCUT2D eigenvalue weighted by Crippen LogP contribution is 2.37. The molecule has 0 amide bonds. The zero-order chi connectivity index (χ0) is 23.1. The molecule has 2 heterocycles. The predicted molar refractivity (Wildman–Crippen MR) is 132 cm³/mol. The van der Waals surface area contributed by atoms with Gasteiger partial charge in [-0.25, -0.2) is 15.0 Å². The Bertz CT molecular complexity index is 1330. The molecule has 1 saturated carbocycles. The van der Waals surface area contributed by atoms with Gasteiger partial charge in [-0.15, -0.1) is 0 Å². The molecule has 1 unspecified atom stereocenters. The van der Waals surface area contributed by atoms with Gasteiger partial charge < -0.3 is 9.88 Å². The van der Waals surface area contributed by atoms with E-state index in [1.54, 1.807) is 0 Å². The Kier molecular flexibility index (Phi) is 5.62. The largest absolute Gasteiger partial charge is 0.365 e. The Hall–Kier alpha value is -3.25. The van der Waals surface area contributed by atoms with Gasteiger partial charge in [0.1, 0.15) is 11.3 Å². The monoisotopic (exact) mass is 459 g/mol. The van der Waals surface area contributed by atoms with E-state index in [1.165, 1.54) is 12.8 Å². The lowest BCUT2D eigenvalue weighted by atomic mass is 10.1. The average molecular weight is 460 g/mol. The number of fused-ring (bicyclic) bond motifs is 1. The van der Waals surface area contributed by atoms with E-state index in [2.05, 4.69) is 52.8 Å². The highest BCUT2D eigenvalue weighted by Gasteiger charge is 2.30. The fourth-order valence-corrected chi connectivity index (χ4v) is 4.48. The van der Waals surface area contributed by atoms with Crippen molar-refractivity contribution in [3.05, 3.63) is 70.5 Å². The minimum atomic E-state index is -0.0646. The molecule has 2 aromatic carbocycles. The van der Waals surface area contributed by atoms with Gasteiger partial charge in [-0.05, 0) is 63.3 Å². The van der Waals surface area contributed by atoms with Crippen LogP contribution in [0.4, 0.5) is 5.82 Å². The molecule has 0 spiro atoms. The van der Waals surface area contributed by atoms with Gasteiger partial charge in [-0.3, -0.25) is 4.79 Å². The van der Waals surface area contributed by atoms with Crippen LogP contribution < -0.4 is 5.32 Å². The molecule has 6 nitrogen and oxygen atoms in total. The molecule has 0 saturated heterocycles. The van der Waals surface area contributed by atoms with Crippen molar-refractivity contribution < 1.29 is 4.79 Å². The number of nitrogens with zero attached hydrogens (tertiary/aromatic N) is 4. The lowest BCUT2D eigenvalue weighted by Crippen LogP contribution is -2.20. The molecule has 5 rings (SSSR count). The van der Waals surface area contributed by atoms with E-state index in [-0.39, 0.29) is 17.9 Å². The maximum Gasteiger partial charge on any atom is 0.196 e. The number of carbonyl (C=O) groups excluding carboxylic acids is 1. The standard InChI is InChI=1S/C26H26ClN5O/c1-15-5-4-6-20(13-15)26-31-25-23(32(26)17(3)19-9-11-21(27)12-10-19)24(29-22(14-33)30-25)28-16(2)18-7-8-18/h4-6,9-14,16-18H,7-8H2,1-3H3,(H,28,29,30)/t16-,17?/m1/s1. The van der Waals surface area contributed by atoms with Gasteiger partial charge in [0.25, 0.3) is 0 Å². The highest BCUT2D eigenvalue weighted by atomic mass is 35.5. The minimum Gasteiger partial charge on any atom is -0.365 e. The van der Waals surface area contributed by atoms with E-state index in [0.717, 1.165) is 28.0 Å². The molecule has 33 heavy (non-hydrogen) atoms. The Balaban J connectivity index is 1.76. The lowest BCUT2D eigenvalue weighted by Gasteiger charge is -2.21. The molecule has 0 aliphatic heterocycles. The van der Waals surface area contributed by atoms with Crippen molar-refractivity contribution in [2.75, 3.05) is 5.32 Å². The van der Waals surface area contributed by atoms with Crippen LogP contribution >= 0.6 is 11.6 Å². The molecule has 1 fully saturated rings. The summed E-state index contributed by atoms with van der Waals surface area (Å²) in [6, 6.07) is 16.3. The molecule has 2 atom stereocenters. The molecule has 7 heteroatoms. The first-order chi connectivity index (χ1) is 15.9. The lowest BCUT2D eigenvalue weighted by molar-refractivity contribution is 0.111. The second-order valence-corrected chi connectivity index (χ2v) is 9.33. The van der Waals surface area contributed by atoms with E-state index in [9.17, 15) is 4.79 Å². The molecule has 2 aromatic heterocycles. The SMILES string of the molecule is Cc1cccc(-c2nc3nc(C=O)nc(N[C@H](C)C4CC4)c3n2C(C)c2ccc(Cl)cc2)c1. The van der Waals surface area contributed by atoms with Gasteiger partial charge in [0, 0.05) is 16.6 Å². The Morgan fingerprint density at radius 1 is 1.09 bits per heavy atom. The number of hydrogen-bond acceptors (Lipinski definition) is 5. The predicted octanol–water partition coefficient (Wildman–Crippen LogP) is 6.09. The first-order valence-corrected chi connectivity index (χ1v) is 11.7.